The minimum atomic E-state index is -1.03. The number of thiazole rings is 3. The summed E-state index contributed by atoms with van der Waals surface area (Å²) >= 11 is 4.14. The molecular formula is C96H123N7O13S3. The number of anilines is 1. The molecule has 3 unspecified atom stereocenters. The molecule has 6 saturated carbocycles. The molecule has 9 aromatic rings. The fraction of sp³-hybridized carbons (Fsp3) is 0.562. The Morgan fingerprint density at radius 1 is 0.445 bits per heavy atom. The van der Waals surface area contributed by atoms with Crippen molar-refractivity contribution in [1.29, 1.82) is 0 Å². The van der Waals surface area contributed by atoms with Gasteiger partial charge >= 0.3 is 23.9 Å². The van der Waals surface area contributed by atoms with Gasteiger partial charge < -0.3 is 39.0 Å². The minimum Gasteiger partial charge on any atom is -0.481 e. The quantitative estimate of drug-likeness (QED) is 0.0243. The van der Waals surface area contributed by atoms with E-state index in [1.54, 1.807) is 30.0 Å². The Morgan fingerprint density at radius 3 is 1.05 bits per heavy atom. The fourth-order valence-electron chi connectivity index (χ4n) is 18.1. The van der Waals surface area contributed by atoms with Crippen LogP contribution in [0.2, 0.25) is 0 Å². The van der Waals surface area contributed by atoms with E-state index < -0.39 is 23.9 Å². The number of carboxylic acid groups (broad SMARTS) is 2. The van der Waals surface area contributed by atoms with Crippen molar-refractivity contribution in [2.24, 2.45) is 35.5 Å². The SMILES string of the molecule is CCOC(=O)c1csc(CC(CC(=O)Cc2ccc(C)cc2C)c2noc(C3CC(CC(C)C)C3)c2C2CC2)n1.CCOC(=O)c1csc(CC(CC(=O)O)c2noc(C3CC(CC(C)C)C3)c2C2CC2)n1.Cc1ccc(CC(=O)CC(Cc2nc(C(=O)O)cs2)c2noc(C3CC(CC(C)C)C3)c2C2CC2)c(C)c1.Cc1ccc(N)c(C)c1. The number of nitrogens with two attached hydrogens (primary N) is 1. The second-order valence-electron chi connectivity index (χ2n) is 36.3. The summed E-state index contributed by atoms with van der Waals surface area (Å²) in [5, 5.41) is 39.9. The molecule has 6 fully saturated rings. The molecular weight excluding hydrogens is 1560 g/mol. The van der Waals surface area contributed by atoms with Gasteiger partial charge in [0.2, 0.25) is 0 Å². The van der Waals surface area contributed by atoms with Crippen LogP contribution in [0.3, 0.4) is 0 Å². The smallest absolute Gasteiger partial charge is 0.357 e. The number of hydrogen-bond acceptors (Lipinski definition) is 21. The lowest BCUT2D eigenvalue weighted by Crippen LogP contribution is -2.23. The molecule has 4 N–H and O–H groups in total. The number of aromatic carboxylic acids is 1. The zero-order valence-electron chi connectivity index (χ0n) is 72.1. The van der Waals surface area contributed by atoms with Crippen LogP contribution in [0.25, 0.3) is 0 Å². The van der Waals surface area contributed by atoms with Crippen LogP contribution in [0, 0.1) is 77.0 Å². The maximum absolute atomic E-state index is 13.5. The molecule has 6 aliphatic carbocycles. The van der Waals surface area contributed by atoms with Crippen molar-refractivity contribution in [3.63, 3.8) is 0 Å². The lowest BCUT2D eigenvalue weighted by Gasteiger charge is -2.35. The summed E-state index contributed by atoms with van der Waals surface area (Å²) in [6.07, 6.45) is 20.3. The van der Waals surface area contributed by atoms with Gasteiger partial charge in [-0.3, -0.25) is 14.4 Å². The molecule has 6 heterocycles. The predicted octanol–water partition coefficient (Wildman–Crippen LogP) is 22.7. The molecule has 0 radical (unpaired) electrons. The Labute approximate surface area is 713 Å². The number of carbonyl (C=O) groups excluding carboxylic acids is 4. The number of nitrogens with zero attached hydrogens (tertiary/aromatic N) is 6. The number of esters is 2. The first-order valence-electron chi connectivity index (χ1n) is 43.5. The molecule has 6 aromatic heterocycles. The van der Waals surface area contributed by atoms with E-state index in [9.17, 15) is 39.0 Å². The van der Waals surface area contributed by atoms with Gasteiger partial charge in [-0.2, -0.15) is 0 Å². The van der Waals surface area contributed by atoms with Crippen LogP contribution in [0.1, 0.15) is 366 Å². The summed E-state index contributed by atoms with van der Waals surface area (Å²) in [5.74, 6) is 7.02. The summed E-state index contributed by atoms with van der Waals surface area (Å²) in [7, 11) is 0. The Balaban J connectivity index is 0.000000156. The molecule has 638 valence electrons. The number of ether oxygens (including phenoxy) is 2. The molecule has 23 heteroatoms. The van der Waals surface area contributed by atoms with Crippen LogP contribution in [0.4, 0.5) is 5.69 Å². The van der Waals surface area contributed by atoms with Crippen LogP contribution in [-0.2, 0) is 56.0 Å². The first-order valence-corrected chi connectivity index (χ1v) is 46.2. The van der Waals surface area contributed by atoms with Gasteiger partial charge in [0.05, 0.1) is 51.7 Å². The maximum atomic E-state index is 13.5. The van der Waals surface area contributed by atoms with Gasteiger partial charge in [0.1, 0.15) is 28.8 Å². The highest BCUT2D eigenvalue weighted by Crippen LogP contribution is 2.56. The summed E-state index contributed by atoms with van der Waals surface area (Å²) in [4.78, 5) is 87.6. The average Bonchev–Trinajstić information content (AvgIpc) is 1.62. The lowest BCUT2D eigenvalue weighted by molar-refractivity contribution is -0.137. The molecule has 20 nitrogen and oxygen atoms in total. The van der Waals surface area contributed by atoms with Gasteiger partial charge in [-0.15, -0.1) is 34.0 Å². The van der Waals surface area contributed by atoms with Gasteiger partial charge in [-0.1, -0.05) is 122 Å². The topological polar surface area (TPSA) is 304 Å². The standard InChI is InChI=1S/C33H42N2O4S.C31H38N2O4S.C24H32N2O5S.C8H11N/c1-6-38-33(37)28-18-40-29(34-28)17-25(16-27(36)15-24-8-7-20(4)12-21(24)5)31-30(23-9-10-23)32(39-35-31)26-13-22(14-26)11-19(2)3;1-17(2)9-20-11-24(12-20)30-28(21-7-8-21)29(33-37-30)23(15-27-32-26(16-38-27)31(35)36)14-25(34)13-22-6-5-18(3)10-19(22)4;1-4-30-24(29)18-12-32-19(25-18)10-16(11-20(27)28)22-21(15-5-6-15)23(31-26-22)17-8-14(9-17)7-13(2)3;1-6-3-4-8(9)7(2)5-6/h7-8,12,18-19,22-23,25-26H,6,9-11,13-17H2,1-5H3;5-6,10,16-17,20-21,23-24H,7-9,11-15H2,1-4H3,(H,35,36);12-17H,4-11H2,1-3H3,(H,27,28);3-5H,9H2,1-2H3. The fourth-order valence-corrected chi connectivity index (χ4v) is 20.6. The third-order valence-electron chi connectivity index (χ3n) is 24.4. The van der Waals surface area contributed by atoms with Crippen LogP contribution in [-0.4, -0.2) is 89.3 Å². The summed E-state index contributed by atoms with van der Waals surface area (Å²) < 4.78 is 28.3. The number of nitrogen functional groups attached to an aromatic ring is 1. The number of benzene rings is 3. The first-order chi connectivity index (χ1) is 56.9. The Morgan fingerprint density at radius 2 is 0.765 bits per heavy atom. The average molecular weight is 1680 g/mol. The van der Waals surface area contributed by atoms with Crippen molar-refractivity contribution in [2.75, 3.05) is 18.9 Å². The largest absolute Gasteiger partial charge is 0.481 e. The van der Waals surface area contributed by atoms with Crippen molar-refractivity contribution in [3.05, 3.63) is 198 Å². The molecule has 0 spiro atoms. The minimum absolute atomic E-state index is 0.0410. The number of ketones is 2. The van der Waals surface area contributed by atoms with E-state index in [2.05, 4.69) is 143 Å². The Hall–Kier alpha value is -8.80. The third kappa shape index (κ3) is 24.3. The second kappa shape index (κ2) is 40.7. The molecule has 3 atom stereocenters. The van der Waals surface area contributed by atoms with Gasteiger partial charge in [-0.25, -0.2) is 29.3 Å². The van der Waals surface area contributed by atoms with Crippen LogP contribution >= 0.6 is 34.0 Å². The summed E-state index contributed by atoms with van der Waals surface area (Å²) in [5.41, 5.74) is 22.6. The Kier molecular flexibility index (Phi) is 30.6. The number of carboxylic acids is 2. The highest BCUT2D eigenvalue weighted by molar-refractivity contribution is 7.10. The molecule has 0 aliphatic heterocycles. The van der Waals surface area contributed by atoms with Crippen molar-refractivity contribution in [2.45, 2.75) is 298 Å². The van der Waals surface area contributed by atoms with Crippen molar-refractivity contribution < 1.29 is 62.0 Å². The molecule has 0 saturated heterocycles. The zero-order valence-corrected chi connectivity index (χ0v) is 74.6. The van der Waals surface area contributed by atoms with E-state index in [0.717, 1.165) is 178 Å². The number of aliphatic carboxylic acids is 1. The highest BCUT2D eigenvalue weighted by Gasteiger charge is 2.46. The maximum Gasteiger partial charge on any atom is 0.357 e. The predicted molar refractivity (Wildman–Crippen MR) is 466 cm³/mol. The number of Topliss-reactive ketones (excluding diaryl/α,β-unsaturated/α-hetero) is 2. The lowest BCUT2D eigenvalue weighted by atomic mass is 9.69. The number of aryl methyl sites for hydroxylation is 6. The van der Waals surface area contributed by atoms with Gasteiger partial charge in [0.15, 0.2) is 17.1 Å². The molecule has 0 amide bonds. The van der Waals surface area contributed by atoms with E-state index in [-0.39, 0.29) is 47.1 Å². The number of aromatic nitrogens is 6. The Bertz CT molecular complexity index is 4970. The number of carbonyl (C=O) groups is 6. The molecule has 6 aliphatic rings. The van der Waals surface area contributed by atoms with Crippen LogP contribution < -0.4 is 5.73 Å². The van der Waals surface area contributed by atoms with Crippen molar-refractivity contribution >= 4 is 75.1 Å². The normalized spacial score (nSPS) is 19.4. The molecule has 15 rings (SSSR count). The molecule has 3 aromatic carbocycles. The molecule has 0 bridgehead atoms. The van der Waals surface area contributed by atoms with Crippen molar-refractivity contribution in [1.82, 2.24) is 30.4 Å². The third-order valence-corrected chi connectivity index (χ3v) is 27.0. The number of rotatable bonds is 36. The number of hydrogen-bond donors (Lipinski definition) is 3. The summed E-state index contributed by atoms with van der Waals surface area (Å²) in [6, 6.07) is 18.5. The first kappa shape index (κ1) is 89.5. The monoisotopic (exact) mass is 1680 g/mol. The van der Waals surface area contributed by atoms with Crippen LogP contribution in [0.15, 0.2) is 84.3 Å². The van der Waals surface area contributed by atoms with E-state index >= 15 is 0 Å². The highest BCUT2D eigenvalue weighted by atomic mass is 32.1. The van der Waals surface area contributed by atoms with E-state index in [0.29, 0.717) is 122 Å². The zero-order chi connectivity index (χ0) is 85.0. The molecule has 119 heavy (non-hydrogen) atoms. The van der Waals surface area contributed by atoms with Gasteiger partial charge in [0, 0.05) is 119 Å². The summed E-state index contributed by atoms with van der Waals surface area (Å²) in [6.45, 7) is 30.1. The van der Waals surface area contributed by atoms with E-state index in [1.807, 2.05) is 25.1 Å². The van der Waals surface area contributed by atoms with Gasteiger partial charge in [-0.05, 0) is 239 Å². The van der Waals surface area contributed by atoms with Crippen LogP contribution in [0.5, 0.6) is 0 Å². The van der Waals surface area contributed by atoms with E-state index in [4.69, 9.17) is 28.8 Å². The van der Waals surface area contributed by atoms with Gasteiger partial charge in [0.25, 0.3) is 0 Å². The van der Waals surface area contributed by atoms with E-state index in [1.165, 1.54) is 81.1 Å². The van der Waals surface area contributed by atoms with Crippen molar-refractivity contribution in [3.8, 4) is 0 Å². The second-order valence-corrected chi connectivity index (χ2v) is 39.2.